The van der Waals surface area contributed by atoms with Crippen LogP contribution in [-0.2, 0) is 0 Å². The van der Waals surface area contributed by atoms with Gasteiger partial charge >= 0.3 is 0 Å². The molecule has 0 heterocycles. The quantitative estimate of drug-likeness (QED) is 0.707. The predicted octanol–water partition coefficient (Wildman–Crippen LogP) is 2.54. The highest BCUT2D eigenvalue weighted by Crippen LogP contribution is 2.40. The van der Waals surface area contributed by atoms with Crippen LogP contribution in [0.3, 0.4) is 0 Å². The lowest BCUT2D eigenvalue weighted by Gasteiger charge is -2.31. The minimum atomic E-state index is 0.216. The molecule has 0 aromatic heterocycles. The van der Waals surface area contributed by atoms with Crippen LogP contribution in [0.25, 0.3) is 0 Å². The van der Waals surface area contributed by atoms with E-state index in [1.54, 1.807) is 0 Å². The maximum atomic E-state index is 3.65. The maximum Gasteiger partial charge on any atom is 0.0246 e. The van der Waals surface area contributed by atoms with Crippen molar-refractivity contribution in [1.82, 2.24) is 10.6 Å². The van der Waals surface area contributed by atoms with Crippen molar-refractivity contribution >= 4 is 0 Å². The maximum absolute atomic E-state index is 3.65. The van der Waals surface area contributed by atoms with Gasteiger partial charge in [-0.15, -0.1) is 0 Å². The molecule has 0 spiro atoms. The molecule has 0 amide bonds. The van der Waals surface area contributed by atoms with Crippen LogP contribution >= 0.6 is 0 Å². The van der Waals surface area contributed by atoms with Gasteiger partial charge in [0.1, 0.15) is 0 Å². The summed E-state index contributed by atoms with van der Waals surface area (Å²) in [4.78, 5) is 0. The highest BCUT2D eigenvalue weighted by molar-refractivity contribution is 4.87. The SMILES string of the molecule is CCC1(CNCC(C)(C)NC)CCCC1. The Morgan fingerprint density at radius 2 is 1.80 bits per heavy atom. The highest BCUT2D eigenvalue weighted by Gasteiger charge is 2.31. The Balaban J connectivity index is 2.29. The van der Waals surface area contributed by atoms with Gasteiger partial charge in [-0.05, 0) is 45.6 Å². The second-order valence-electron chi connectivity index (χ2n) is 5.80. The summed E-state index contributed by atoms with van der Waals surface area (Å²) < 4.78 is 0. The normalized spacial score (nSPS) is 20.8. The Kier molecular flexibility index (Phi) is 4.60. The van der Waals surface area contributed by atoms with E-state index in [0.29, 0.717) is 5.41 Å². The van der Waals surface area contributed by atoms with Crippen LogP contribution in [0.1, 0.15) is 52.9 Å². The summed E-state index contributed by atoms with van der Waals surface area (Å²) in [5, 5.41) is 6.98. The second kappa shape index (κ2) is 5.31. The van der Waals surface area contributed by atoms with Crippen LogP contribution in [0, 0.1) is 5.41 Å². The summed E-state index contributed by atoms with van der Waals surface area (Å²) in [5.74, 6) is 0. The first-order valence-electron chi connectivity index (χ1n) is 6.43. The Morgan fingerprint density at radius 3 is 2.27 bits per heavy atom. The summed E-state index contributed by atoms with van der Waals surface area (Å²) in [6, 6.07) is 0. The molecule has 2 nitrogen and oxygen atoms in total. The largest absolute Gasteiger partial charge is 0.314 e. The van der Waals surface area contributed by atoms with E-state index in [1.165, 1.54) is 38.6 Å². The van der Waals surface area contributed by atoms with Gasteiger partial charge in [-0.3, -0.25) is 0 Å². The van der Waals surface area contributed by atoms with E-state index in [4.69, 9.17) is 0 Å². The van der Waals surface area contributed by atoms with Crippen molar-refractivity contribution < 1.29 is 0 Å². The van der Waals surface area contributed by atoms with Gasteiger partial charge in [-0.2, -0.15) is 0 Å². The van der Waals surface area contributed by atoms with Crippen LogP contribution in [0.15, 0.2) is 0 Å². The number of nitrogens with one attached hydrogen (secondary N) is 2. The highest BCUT2D eigenvalue weighted by atomic mass is 15.0. The molecule has 0 atom stereocenters. The van der Waals surface area contributed by atoms with Gasteiger partial charge in [0, 0.05) is 18.6 Å². The first-order chi connectivity index (χ1) is 7.04. The monoisotopic (exact) mass is 212 g/mol. The van der Waals surface area contributed by atoms with Crippen molar-refractivity contribution in [3.8, 4) is 0 Å². The van der Waals surface area contributed by atoms with E-state index in [9.17, 15) is 0 Å². The summed E-state index contributed by atoms with van der Waals surface area (Å²) in [5.41, 5.74) is 0.831. The molecule has 1 aliphatic rings. The van der Waals surface area contributed by atoms with E-state index in [0.717, 1.165) is 6.54 Å². The van der Waals surface area contributed by atoms with Gasteiger partial charge in [0.15, 0.2) is 0 Å². The third kappa shape index (κ3) is 3.76. The van der Waals surface area contributed by atoms with Crippen LogP contribution in [-0.4, -0.2) is 25.7 Å². The van der Waals surface area contributed by atoms with Gasteiger partial charge in [0.2, 0.25) is 0 Å². The van der Waals surface area contributed by atoms with Crippen molar-refractivity contribution in [2.45, 2.75) is 58.4 Å². The van der Waals surface area contributed by atoms with Crippen LogP contribution in [0.5, 0.6) is 0 Å². The standard InChI is InChI=1S/C13H28N2/c1-5-13(8-6-7-9-13)11-15-10-12(2,3)14-4/h14-15H,5-11H2,1-4H3. The molecule has 1 saturated carbocycles. The van der Waals surface area contributed by atoms with E-state index in [-0.39, 0.29) is 5.54 Å². The smallest absolute Gasteiger partial charge is 0.0246 e. The first-order valence-corrected chi connectivity index (χ1v) is 6.43. The average Bonchev–Trinajstić information content (AvgIpc) is 2.67. The number of hydrogen-bond donors (Lipinski definition) is 2. The Bertz CT molecular complexity index is 181. The minimum absolute atomic E-state index is 0.216. The topological polar surface area (TPSA) is 24.1 Å². The molecule has 1 aliphatic carbocycles. The molecule has 2 heteroatoms. The molecule has 0 saturated heterocycles. The molecule has 0 unspecified atom stereocenters. The number of rotatable bonds is 6. The van der Waals surface area contributed by atoms with Crippen molar-refractivity contribution in [2.24, 2.45) is 5.41 Å². The zero-order chi connectivity index (χ0) is 11.4. The van der Waals surface area contributed by atoms with Gasteiger partial charge in [0.05, 0.1) is 0 Å². The zero-order valence-electron chi connectivity index (χ0n) is 10.9. The number of hydrogen-bond acceptors (Lipinski definition) is 2. The van der Waals surface area contributed by atoms with Crippen LogP contribution in [0.4, 0.5) is 0 Å². The Hall–Kier alpha value is -0.0800. The van der Waals surface area contributed by atoms with E-state index >= 15 is 0 Å². The summed E-state index contributed by atoms with van der Waals surface area (Å²) in [6.07, 6.45) is 7.06. The van der Waals surface area contributed by atoms with Gasteiger partial charge in [0.25, 0.3) is 0 Å². The third-order valence-corrected chi connectivity index (χ3v) is 4.16. The first kappa shape index (κ1) is 13.0. The Labute approximate surface area is 95.2 Å². The van der Waals surface area contributed by atoms with Crippen molar-refractivity contribution in [3.05, 3.63) is 0 Å². The molecular formula is C13H28N2. The molecule has 15 heavy (non-hydrogen) atoms. The second-order valence-corrected chi connectivity index (χ2v) is 5.80. The third-order valence-electron chi connectivity index (χ3n) is 4.16. The average molecular weight is 212 g/mol. The summed E-state index contributed by atoms with van der Waals surface area (Å²) in [6.45, 7) is 9.09. The fraction of sp³-hybridized carbons (Fsp3) is 1.00. The van der Waals surface area contributed by atoms with Crippen LogP contribution < -0.4 is 10.6 Å². The molecular weight excluding hydrogens is 184 g/mol. The molecule has 0 aromatic carbocycles. The Morgan fingerprint density at radius 1 is 1.20 bits per heavy atom. The van der Waals surface area contributed by atoms with Gasteiger partial charge in [-0.1, -0.05) is 19.8 Å². The fourth-order valence-corrected chi connectivity index (χ4v) is 2.51. The lowest BCUT2D eigenvalue weighted by Crippen LogP contribution is -2.47. The number of likely N-dealkylation sites (N-methyl/N-ethyl adjacent to an activating group) is 1. The van der Waals surface area contributed by atoms with E-state index in [1.807, 2.05) is 7.05 Å². The van der Waals surface area contributed by atoms with E-state index in [2.05, 4.69) is 31.4 Å². The molecule has 2 N–H and O–H groups in total. The summed E-state index contributed by atoms with van der Waals surface area (Å²) >= 11 is 0. The molecule has 0 radical (unpaired) electrons. The minimum Gasteiger partial charge on any atom is -0.314 e. The lowest BCUT2D eigenvalue weighted by molar-refractivity contribution is 0.255. The van der Waals surface area contributed by atoms with Gasteiger partial charge in [-0.25, -0.2) is 0 Å². The van der Waals surface area contributed by atoms with Crippen molar-refractivity contribution in [1.29, 1.82) is 0 Å². The molecule has 0 bridgehead atoms. The van der Waals surface area contributed by atoms with Crippen molar-refractivity contribution in [3.63, 3.8) is 0 Å². The molecule has 0 aromatic rings. The molecule has 1 rings (SSSR count). The van der Waals surface area contributed by atoms with Gasteiger partial charge < -0.3 is 10.6 Å². The lowest BCUT2D eigenvalue weighted by atomic mass is 9.83. The van der Waals surface area contributed by atoms with E-state index < -0.39 is 0 Å². The summed E-state index contributed by atoms with van der Waals surface area (Å²) in [7, 11) is 2.03. The fourth-order valence-electron chi connectivity index (χ4n) is 2.51. The predicted molar refractivity (Wildman–Crippen MR) is 67.2 cm³/mol. The van der Waals surface area contributed by atoms with Crippen LogP contribution in [0.2, 0.25) is 0 Å². The zero-order valence-corrected chi connectivity index (χ0v) is 10.9. The molecule has 90 valence electrons. The molecule has 1 fully saturated rings. The molecule has 0 aliphatic heterocycles. The van der Waals surface area contributed by atoms with Crippen molar-refractivity contribution in [2.75, 3.05) is 20.1 Å².